The van der Waals surface area contributed by atoms with Crippen molar-refractivity contribution in [3.8, 4) is 0 Å². The maximum absolute atomic E-state index is 13.0. The third-order valence-corrected chi connectivity index (χ3v) is 6.45. The van der Waals surface area contributed by atoms with Crippen molar-refractivity contribution in [3.63, 3.8) is 0 Å². The van der Waals surface area contributed by atoms with Crippen LogP contribution in [0, 0.1) is 13.8 Å². The van der Waals surface area contributed by atoms with Gasteiger partial charge in [-0.3, -0.25) is 14.4 Å². The van der Waals surface area contributed by atoms with Gasteiger partial charge in [0.05, 0.1) is 5.56 Å². The summed E-state index contributed by atoms with van der Waals surface area (Å²) >= 11 is 0. The van der Waals surface area contributed by atoms with Gasteiger partial charge in [-0.1, -0.05) is 0 Å². The first-order valence-corrected chi connectivity index (χ1v) is 10.5. The standard InChI is InChI=1S/C23H27N5O3/c1-12-8-19(13(2)7-18(12)22(25)30)23(31)27-15-9-16-4-5-17(10-15)28(16)20-6-3-14(11-26-20)21(24)29/h3,6-8,11,15-17H,4-5,9-10H2,1-2H3,(H2,24,29)(H2,25,30)(H,27,31)/t15-,16+,17-. The number of amides is 3. The van der Waals surface area contributed by atoms with Gasteiger partial charge >= 0.3 is 0 Å². The van der Waals surface area contributed by atoms with E-state index in [4.69, 9.17) is 11.5 Å². The van der Waals surface area contributed by atoms with Crippen LogP contribution in [0.25, 0.3) is 0 Å². The molecule has 0 spiro atoms. The lowest BCUT2D eigenvalue weighted by Gasteiger charge is -2.40. The Balaban J connectivity index is 1.46. The summed E-state index contributed by atoms with van der Waals surface area (Å²) in [6.45, 7) is 3.60. The van der Waals surface area contributed by atoms with Gasteiger partial charge in [-0.2, -0.15) is 0 Å². The number of fused-ring (bicyclic) bond motifs is 2. The number of rotatable bonds is 5. The molecule has 31 heavy (non-hydrogen) atoms. The predicted molar refractivity (Wildman–Crippen MR) is 117 cm³/mol. The highest BCUT2D eigenvalue weighted by molar-refractivity contribution is 5.99. The SMILES string of the molecule is Cc1cc(C(=O)N[C@H]2C[C@H]3CC[C@@H](C2)N3c2ccc(C(N)=O)cn2)c(C)cc1C(N)=O. The zero-order valence-corrected chi connectivity index (χ0v) is 17.7. The number of aryl methyl sites for hydroxylation is 2. The molecule has 0 saturated carbocycles. The molecule has 2 bridgehead atoms. The molecule has 4 rings (SSSR count). The second-order valence-corrected chi connectivity index (χ2v) is 8.55. The van der Waals surface area contributed by atoms with Crippen LogP contribution in [0.5, 0.6) is 0 Å². The largest absolute Gasteiger partial charge is 0.366 e. The number of hydrogen-bond donors (Lipinski definition) is 3. The van der Waals surface area contributed by atoms with Crippen molar-refractivity contribution in [3.05, 3.63) is 58.3 Å². The Bertz CT molecular complexity index is 1040. The van der Waals surface area contributed by atoms with Crippen molar-refractivity contribution in [1.82, 2.24) is 10.3 Å². The summed E-state index contributed by atoms with van der Waals surface area (Å²) in [7, 11) is 0. The van der Waals surface area contributed by atoms with Crippen molar-refractivity contribution >= 4 is 23.5 Å². The zero-order chi connectivity index (χ0) is 22.3. The highest BCUT2D eigenvalue weighted by atomic mass is 16.2. The van der Waals surface area contributed by atoms with E-state index in [0.717, 1.165) is 37.1 Å². The van der Waals surface area contributed by atoms with Crippen LogP contribution in [-0.4, -0.2) is 40.8 Å². The Morgan fingerprint density at radius 1 is 0.968 bits per heavy atom. The van der Waals surface area contributed by atoms with E-state index in [0.29, 0.717) is 22.3 Å². The van der Waals surface area contributed by atoms with Crippen molar-refractivity contribution in [2.75, 3.05) is 4.90 Å². The second kappa shape index (κ2) is 8.02. The minimum Gasteiger partial charge on any atom is -0.366 e. The molecule has 3 heterocycles. The first-order chi connectivity index (χ1) is 14.7. The molecule has 2 aliphatic rings. The summed E-state index contributed by atoms with van der Waals surface area (Å²) in [5.74, 6) is -0.263. The smallest absolute Gasteiger partial charge is 0.251 e. The first kappa shape index (κ1) is 20.8. The summed E-state index contributed by atoms with van der Waals surface area (Å²) < 4.78 is 0. The van der Waals surface area contributed by atoms with Crippen molar-refractivity contribution in [1.29, 1.82) is 0 Å². The third kappa shape index (κ3) is 3.97. The Morgan fingerprint density at radius 3 is 2.13 bits per heavy atom. The van der Waals surface area contributed by atoms with E-state index < -0.39 is 11.8 Å². The first-order valence-electron chi connectivity index (χ1n) is 10.5. The molecule has 2 aromatic rings. The molecule has 8 nitrogen and oxygen atoms in total. The van der Waals surface area contributed by atoms with Crippen molar-refractivity contribution in [2.24, 2.45) is 11.5 Å². The Hall–Kier alpha value is -3.42. The lowest BCUT2D eigenvalue weighted by atomic mass is 9.95. The number of hydrogen-bond acceptors (Lipinski definition) is 5. The molecule has 0 radical (unpaired) electrons. The lowest BCUT2D eigenvalue weighted by molar-refractivity contribution is 0.0923. The number of aromatic nitrogens is 1. The Morgan fingerprint density at radius 2 is 1.58 bits per heavy atom. The predicted octanol–water partition coefficient (Wildman–Crippen LogP) is 1.83. The van der Waals surface area contributed by atoms with E-state index in [2.05, 4.69) is 15.2 Å². The van der Waals surface area contributed by atoms with E-state index in [-0.39, 0.29) is 24.0 Å². The molecule has 0 unspecified atom stereocenters. The van der Waals surface area contributed by atoms with Crippen molar-refractivity contribution in [2.45, 2.75) is 57.7 Å². The average Bonchev–Trinajstić information content (AvgIpc) is 2.99. The van der Waals surface area contributed by atoms with E-state index in [9.17, 15) is 14.4 Å². The number of carbonyl (C=O) groups excluding carboxylic acids is 3. The molecule has 1 aromatic carbocycles. The van der Waals surface area contributed by atoms with Gasteiger partial charge in [0.1, 0.15) is 5.82 Å². The highest BCUT2D eigenvalue weighted by Crippen LogP contribution is 2.38. The fraction of sp³-hybridized carbons (Fsp3) is 0.391. The maximum Gasteiger partial charge on any atom is 0.251 e. The summed E-state index contributed by atoms with van der Waals surface area (Å²) in [6, 6.07) is 7.61. The van der Waals surface area contributed by atoms with Gasteiger partial charge in [0.15, 0.2) is 0 Å². The number of carbonyl (C=O) groups is 3. The summed E-state index contributed by atoms with van der Waals surface area (Å²) in [5, 5.41) is 3.19. The summed E-state index contributed by atoms with van der Waals surface area (Å²) in [5.41, 5.74) is 13.6. The van der Waals surface area contributed by atoms with Crippen LogP contribution in [0.4, 0.5) is 5.82 Å². The number of primary amides is 2. The van der Waals surface area contributed by atoms with Gasteiger partial charge in [-0.05, 0) is 74.9 Å². The molecular formula is C23H27N5O3. The monoisotopic (exact) mass is 421 g/mol. The van der Waals surface area contributed by atoms with Crippen LogP contribution >= 0.6 is 0 Å². The van der Waals surface area contributed by atoms with E-state index in [1.54, 1.807) is 25.1 Å². The fourth-order valence-electron chi connectivity index (χ4n) is 4.94. The molecule has 2 fully saturated rings. The van der Waals surface area contributed by atoms with Gasteiger partial charge in [0.2, 0.25) is 11.8 Å². The van der Waals surface area contributed by atoms with Gasteiger partial charge < -0.3 is 21.7 Å². The molecule has 162 valence electrons. The van der Waals surface area contributed by atoms with E-state index >= 15 is 0 Å². The molecule has 8 heteroatoms. The molecule has 2 saturated heterocycles. The van der Waals surface area contributed by atoms with Gasteiger partial charge in [0, 0.05) is 35.4 Å². The van der Waals surface area contributed by atoms with Crippen LogP contribution in [-0.2, 0) is 0 Å². The number of nitrogens with one attached hydrogen (secondary N) is 1. The van der Waals surface area contributed by atoms with Crippen molar-refractivity contribution < 1.29 is 14.4 Å². The maximum atomic E-state index is 13.0. The topological polar surface area (TPSA) is 131 Å². The molecular weight excluding hydrogens is 394 g/mol. The molecule has 1 aromatic heterocycles. The number of benzene rings is 1. The Kier molecular flexibility index (Phi) is 5.39. The van der Waals surface area contributed by atoms with Gasteiger partial charge in [-0.15, -0.1) is 0 Å². The molecule has 0 aliphatic carbocycles. The highest BCUT2D eigenvalue weighted by Gasteiger charge is 2.41. The number of piperidine rings is 1. The molecule has 2 aliphatic heterocycles. The average molecular weight is 422 g/mol. The van der Waals surface area contributed by atoms with Crippen LogP contribution in [0.1, 0.15) is 67.9 Å². The molecule has 3 atom stereocenters. The number of anilines is 1. The van der Waals surface area contributed by atoms with E-state index in [1.165, 1.54) is 6.20 Å². The third-order valence-electron chi connectivity index (χ3n) is 6.45. The summed E-state index contributed by atoms with van der Waals surface area (Å²) in [4.78, 5) is 42.5. The van der Waals surface area contributed by atoms with Crippen LogP contribution in [0.15, 0.2) is 30.5 Å². The minimum absolute atomic E-state index is 0.0710. The lowest BCUT2D eigenvalue weighted by Crippen LogP contribution is -2.50. The van der Waals surface area contributed by atoms with Crippen LogP contribution < -0.4 is 21.7 Å². The minimum atomic E-state index is -0.492. The fourth-order valence-corrected chi connectivity index (χ4v) is 4.94. The summed E-state index contributed by atoms with van der Waals surface area (Å²) in [6.07, 6.45) is 5.27. The second-order valence-electron chi connectivity index (χ2n) is 8.55. The number of pyridine rings is 1. The van der Waals surface area contributed by atoms with Gasteiger partial charge in [-0.25, -0.2) is 4.98 Å². The quantitative estimate of drug-likeness (QED) is 0.678. The number of nitrogens with two attached hydrogens (primary N) is 2. The number of nitrogens with zero attached hydrogens (tertiary/aromatic N) is 2. The molecule has 5 N–H and O–H groups in total. The van der Waals surface area contributed by atoms with E-state index in [1.807, 2.05) is 13.0 Å². The zero-order valence-electron chi connectivity index (χ0n) is 17.7. The normalized spacial score (nSPS) is 22.3. The molecule has 3 amide bonds. The van der Waals surface area contributed by atoms with Gasteiger partial charge in [0.25, 0.3) is 5.91 Å². The Labute approximate surface area is 181 Å². The van der Waals surface area contributed by atoms with Crippen LogP contribution in [0.2, 0.25) is 0 Å². The van der Waals surface area contributed by atoms with Crippen LogP contribution in [0.3, 0.4) is 0 Å².